The lowest BCUT2D eigenvalue weighted by Crippen LogP contribution is -2.27. The van der Waals surface area contributed by atoms with Gasteiger partial charge in [0, 0.05) is 22.5 Å². The summed E-state index contributed by atoms with van der Waals surface area (Å²) < 4.78 is 0. The van der Waals surface area contributed by atoms with Gasteiger partial charge in [-0.3, -0.25) is 0 Å². The molecule has 0 aromatic heterocycles. The van der Waals surface area contributed by atoms with Crippen LogP contribution in [-0.4, -0.2) is 10.2 Å². The van der Waals surface area contributed by atoms with Crippen molar-refractivity contribution < 1.29 is 10.2 Å². The van der Waals surface area contributed by atoms with Gasteiger partial charge in [0.05, 0.1) is 16.9 Å². The molecular formula is C25H29NO2. The maximum Gasteiger partial charge on any atom is 0.0860 e. The smallest absolute Gasteiger partial charge is 0.0860 e. The molecule has 2 N–H and O–H groups in total. The number of benzene rings is 3. The van der Waals surface area contributed by atoms with Crippen LogP contribution in [0.1, 0.15) is 44.4 Å². The van der Waals surface area contributed by atoms with Crippen LogP contribution < -0.4 is 4.90 Å². The molecule has 0 aliphatic rings. The highest BCUT2D eigenvalue weighted by Gasteiger charge is 2.32. The van der Waals surface area contributed by atoms with Crippen molar-refractivity contribution in [3.05, 3.63) is 89.5 Å². The van der Waals surface area contributed by atoms with Gasteiger partial charge in [0.25, 0.3) is 0 Å². The lowest BCUT2D eigenvalue weighted by Gasteiger charge is -2.36. The Morgan fingerprint density at radius 1 is 0.643 bits per heavy atom. The van der Waals surface area contributed by atoms with Gasteiger partial charge in [-0.05, 0) is 58.4 Å². The molecule has 28 heavy (non-hydrogen) atoms. The Hall–Kier alpha value is -2.62. The van der Waals surface area contributed by atoms with Crippen molar-refractivity contribution in [2.45, 2.75) is 45.8 Å². The number of rotatable bonds is 5. The molecule has 3 aromatic carbocycles. The molecule has 0 amide bonds. The molecule has 0 radical (unpaired) electrons. The molecule has 3 nitrogen and oxygen atoms in total. The monoisotopic (exact) mass is 375 g/mol. The number of hydrogen-bond donors (Lipinski definition) is 2. The number of para-hydroxylation sites is 3. The summed E-state index contributed by atoms with van der Waals surface area (Å²) in [6.07, 6.45) is 0. The van der Waals surface area contributed by atoms with E-state index in [1.165, 1.54) is 0 Å². The summed E-state index contributed by atoms with van der Waals surface area (Å²) in [5.41, 5.74) is 3.27. The minimum Gasteiger partial charge on any atom is -0.386 e. The Labute approximate surface area is 167 Å². The van der Waals surface area contributed by atoms with Gasteiger partial charge in [-0.15, -0.1) is 0 Å². The van der Waals surface area contributed by atoms with Gasteiger partial charge in [-0.2, -0.15) is 0 Å². The normalized spacial score (nSPS) is 12.1. The van der Waals surface area contributed by atoms with Gasteiger partial charge in [-0.1, -0.05) is 54.6 Å². The van der Waals surface area contributed by atoms with Crippen LogP contribution in [-0.2, 0) is 11.2 Å². The Balaban J connectivity index is 2.43. The summed E-state index contributed by atoms with van der Waals surface area (Å²) in [6, 6.07) is 24.0. The zero-order chi connectivity index (χ0) is 20.5. The van der Waals surface area contributed by atoms with Gasteiger partial charge < -0.3 is 15.1 Å². The van der Waals surface area contributed by atoms with Crippen molar-refractivity contribution in [2.75, 3.05) is 4.90 Å². The zero-order valence-corrected chi connectivity index (χ0v) is 17.3. The Morgan fingerprint density at radius 3 is 1.64 bits per heavy atom. The third kappa shape index (κ3) is 3.96. The first kappa shape index (κ1) is 20.1. The van der Waals surface area contributed by atoms with Crippen LogP contribution >= 0.6 is 0 Å². The molecule has 3 heteroatoms. The van der Waals surface area contributed by atoms with Gasteiger partial charge in [-0.25, -0.2) is 0 Å². The summed E-state index contributed by atoms with van der Waals surface area (Å²) in [4.78, 5) is 2.13. The van der Waals surface area contributed by atoms with E-state index in [2.05, 4.69) is 24.0 Å². The molecule has 0 bridgehead atoms. The topological polar surface area (TPSA) is 43.7 Å². The quantitative estimate of drug-likeness (QED) is 0.582. The van der Waals surface area contributed by atoms with Crippen LogP contribution in [0.4, 0.5) is 17.1 Å². The maximum atomic E-state index is 11.0. The summed E-state index contributed by atoms with van der Waals surface area (Å²) in [6.45, 7) is 9.19. The maximum absolute atomic E-state index is 11.0. The molecule has 0 spiro atoms. The molecule has 3 aromatic rings. The second-order valence-electron chi connectivity index (χ2n) is 8.28. The molecule has 0 aliphatic carbocycles. The Bertz CT molecular complexity index is 918. The minimum absolute atomic E-state index is 0.763. The lowest BCUT2D eigenvalue weighted by atomic mass is 9.87. The number of aryl methyl sites for hydroxylation is 1. The molecule has 146 valence electrons. The molecule has 0 unspecified atom stereocenters. The summed E-state index contributed by atoms with van der Waals surface area (Å²) in [5.74, 6) is 0. The highest BCUT2D eigenvalue weighted by molar-refractivity contribution is 5.83. The van der Waals surface area contributed by atoms with Gasteiger partial charge in [0.1, 0.15) is 0 Å². The zero-order valence-electron chi connectivity index (χ0n) is 17.3. The van der Waals surface area contributed by atoms with Crippen molar-refractivity contribution in [1.82, 2.24) is 0 Å². The molecule has 0 saturated carbocycles. The fourth-order valence-electron chi connectivity index (χ4n) is 3.55. The highest BCUT2D eigenvalue weighted by atomic mass is 16.3. The predicted molar refractivity (Wildman–Crippen MR) is 116 cm³/mol. The first-order chi connectivity index (χ1) is 13.1. The van der Waals surface area contributed by atoms with Gasteiger partial charge in [0.2, 0.25) is 0 Å². The predicted octanol–water partition coefficient (Wildman–Crippen LogP) is 5.92. The SMILES string of the molecule is Cc1ccccc1N(c1ccccc1)c1c(C(C)(C)O)cccc1C(C)(C)O. The van der Waals surface area contributed by atoms with E-state index in [0.717, 1.165) is 33.8 Å². The Morgan fingerprint density at radius 2 is 1.14 bits per heavy atom. The Kier molecular flexibility index (Phi) is 5.33. The van der Waals surface area contributed by atoms with Crippen LogP contribution in [0.3, 0.4) is 0 Å². The van der Waals surface area contributed by atoms with Crippen molar-refractivity contribution >= 4 is 17.1 Å². The number of anilines is 3. The molecular weight excluding hydrogens is 346 g/mol. The van der Waals surface area contributed by atoms with Gasteiger partial charge in [0.15, 0.2) is 0 Å². The first-order valence-electron chi connectivity index (χ1n) is 9.60. The third-order valence-electron chi connectivity index (χ3n) is 4.95. The van der Waals surface area contributed by atoms with Crippen molar-refractivity contribution in [2.24, 2.45) is 0 Å². The molecule has 0 fully saturated rings. The highest BCUT2D eigenvalue weighted by Crippen LogP contribution is 2.45. The van der Waals surface area contributed by atoms with Crippen LogP contribution in [0, 0.1) is 6.92 Å². The first-order valence-corrected chi connectivity index (χ1v) is 9.60. The largest absolute Gasteiger partial charge is 0.386 e. The summed E-state index contributed by atoms with van der Waals surface area (Å²) in [5, 5.41) is 21.9. The second-order valence-corrected chi connectivity index (χ2v) is 8.28. The van der Waals surface area contributed by atoms with Crippen molar-refractivity contribution in [1.29, 1.82) is 0 Å². The molecule has 0 atom stereocenters. The fourth-order valence-corrected chi connectivity index (χ4v) is 3.55. The summed E-state index contributed by atoms with van der Waals surface area (Å²) in [7, 11) is 0. The standard InChI is InChI=1S/C25H29NO2/c1-18-12-9-10-17-22(18)26(19-13-7-6-8-14-19)23-20(24(2,3)27)15-11-16-21(23)25(4,5)28/h6-17,27-28H,1-5H3. The summed E-state index contributed by atoms with van der Waals surface area (Å²) >= 11 is 0. The number of hydrogen-bond acceptors (Lipinski definition) is 3. The van der Waals surface area contributed by atoms with E-state index in [4.69, 9.17) is 0 Å². The van der Waals surface area contributed by atoms with Crippen molar-refractivity contribution in [3.63, 3.8) is 0 Å². The average Bonchev–Trinajstić information content (AvgIpc) is 2.63. The molecule has 0 aliphatic heterocycles. The van der Waals surface area contributed by atoms with E-state index in [0.29, 0.717) is 0 Å². The van der Waals surface area contributed by atoms with E-state index in [1.807, 2.05) is 60.7 Å². The second kappa shape index (κ2) is 7.42. The molecule has 0 heterocycles. The molecule has 0 saturated heterocycles. The van der Waals surface area contributed by atoms with E-state index in [1.54, 1.807) is 27.7 Å². The fraction of sp³-hybridized carbons (Fsp3) is 0.280. The van der Waals surface area contributed by atoms with Crippen LogP contribution in [0.25, 0.3) is 0 Å². The van der Waals surface area contributed by atoms with Crippen LogP contribution in [0.2, 0.25) is 0 Å². The number of aliphatic hydroxyl groups is 2. The third-order valence-corrected chi connectivity index (χ3v) is 4.95. The number of nitrogens with zero attached hydrogens (tertiary/aromatic N) is 1. The molecule has 3 rings (SSSR count). The van der Waals surface area contributed by atoms with E-state index in [-0.39, 0.29) is 0 Å². The average molecular weight is 376 g/mol. The minimum atomic E-state index is -1.08. The van der Waals surface area contributed by atoms with Crippen molar-refractivity contribution in [3.8, 4) is 0 Å². The lowest BCUT2D eigenvalue weighted by molar-refractivity contribution is 0.0730. The van der Waals surface area contributed by atoms with E-state index >= 15 is 0 Å². The van der Waals surface area contributed by atoms with E-state index in [9.17, 15) is 10.2 Å². The van der Waals surface area contributed by atoms with Crippen LogP contribution in [0.5, 0.6) is 0 Å². The van der Waals surface area contributed by atoms with E-state index < -0.39 is 11.2 Å². The van der Waals surface area contributed by atoms with Gasteiger partial charge >= 0.3 is 0 Å². The van der Waals surface area contributed by atoms with Crippen LogP contribution in [0.15, 0.2) is 72.8 Å².